The summed E-state index contributed by atoms with van der Waals surface area (Å²) in [5, 5.41) is 0. The fourth-order valence-electron chi connectivity index (χ4n) is 1.66. The van der Waals surface area contributed by atoms with Crippen LogP contribution in [-0.4, -0.2) is 31.3 Å². The van der Waals surface area contributed by atoms with E-state index in [2.05, 4.69) is 6.92 Å². The van der Waals surface area contributed by atoms with E-state index in [-0.39, 0.29) is 11.7 Å². The van der Waals surface area contributed by atoms with Gasteiger partial charge in [-0.3, -0.25) is 4.79 Å². The smallest absolute Gasteiger partial charge is 0.159 e. The van der Waals surface area contributed by atoms with Gasteiger partial charge in [0.25, 0.3) is 0 Å². The topological polar surface area (TPSA) is 20.3 Å². The Morgan fingerprint density at radius 3 is 2.41 bits per heavy atom. The maximum atomic E-state index is 11.8. The lowest BCUT2D eigenvalue weighted by Gasteiger charge is -2.13. The maximum absolute atomic E-state index is 11.8. The van der Waals surface area contributed by atoms with Crippen molar-refractivity contribution in [2.75, 3.05) is 20.6 Å². The van der Waals surface area contributed by atoms with Crippen LogP contribution in [0.3, 0.4) is 0 Å². The van der Waals surface area contributed by atoms with Crippen molar-refractivity contribution >= 4 is 11.9 Å². The molecule has 1 aromatic rings. The molecule has 2 heteroatoms. The summed E-state index contributed by atoms with van der Waals surface area (Å²) in [6.45, 7) is 4.80. The van der Waals surface area contributed by atoms with Gasteiger partial charge in [0.05, 0.1) is 0 Å². The minimum absolute atomic E-state index is 0.0479. The molecule has 1 aromatic carbocycles. The van der Waals surface area contributed by atoms with E-state index in [1.807, 2.05) is 56.3 Å². The first-order valence-corrected chi connectivity index (χ1v) is 5.92. The van der Waals surface area contributed by atoms with Gasteiger partial charge in [0, 0.05) is 12.5 Å². The lowest BCUT2D eigenvalue weighted by Crippen LogP contribution is -2.24. The van der Waals surface area contributed by atoms with Crippen molar-refractivity contribution in [2.24, 2.45) is 5.92 Å². The Kier molecular flexibility index (Phi) is 5.11. The van der Waals surface area contributed by atoms with E-state index in [0.29, 0.717) is 0 Å². The summed E-state index contributed by atoms with van der Waals surface area (Å²) in [5.74, 6) is 0.228. The molecule has 0 aromatic heterocycles. The van der Waals surface area contributed by atoms with E-state index in [0.717, 1.165) is 12.1 Å². The third kappa shape index (κ3) is 4.96. The van der Waals surface area contributed by atoms with Gasteiger partial charge in [-0.25, -0.2) is 0 Å². The summed E-state index contributed by atoms with van der Waals surface area (Å²) >= 11 is 0. The number of ketones is 1. The van der Waals surface area contributed by atoms with E-state index < -0.39 is 0 Å². The van der Waals surface area contributed by atoms with E-state index in [1.54, 1.807) is 6.08 Å². The molecule has 0 bridgehead atoms. The molecule has 0 fully saturated rings. The summed E-state index contributed by atoms with van der Waals surface area (Å²) in [6, 6.07) is 8.15. The van der Waals surface area contributed by atoms with Crippen LogP contribution in [0, 0.1) is 12.8 Å². The standard InChI is InChI=1S/C15H21NO/c1-12-5-7-14(8-6-12)9-10-15(17)13(2)11-16(3)4/h5-10,13H,11H2,1-4H3/b10-9-/t13-/m0/s1. The Balaban J connectivity index is 2.58. The number of benzene rings is 1. The maximum Gasteiger partial charge on any atom is 0.159 e. The van der Waals surface area contributed by atoms with Crippen molar-refractivity contribution < 1.29 is 4.79 Å². The largest absolute Gasteiger partial charge is 0.309 e. The Labute approximate surface area is 104 Å². The Morgan fingerprint density at radius 2 is 1.88 bits per heavy atom. The zero-order valence-corrected chi connectivity index (χ0v) is 11.1. The summed E-state index contributed by atoms with van der Waals surface area (Å²) < 4.78 is 0. The summed E-state index contributed by atoms with van der Waals surface area (Å²) in [7, 11) is 3.96. The first-order chi connectivity index (χ1) is 7.99. The molecular formula is C15H21NO. The van der Waals surface area contributed by atoms with Gasteiger partial charge in [-0.15, -0.1) is 0 Å². The van der Waals surface area contributed by atoms with Crippen molar-refractivity contribution in [3.8, 4) is 0 Å². The number of aryl methyl sites for hydroxylation is 1. The number of rotatable bonds is 5. The van der Waals surface area contributed by atoms with Gasteiger partial charge >= 0.3 is 0 Å². The normalized spacial score (nSPS) is 13.2. The summed E-state index contributed by atoms with van der Waals surface area (Å²) in [4.78, 5) is 13.8. The average Bonchev–Trinajstić information content (AvgIpc) is 2.27. The van der Waals surface area contributed by atoms with Crippen LogP contribution in [0.25, 0.3) is 6.08 Å². The number of allylic oxidation sites excluding steroid dienone is 1. The number of hydrogen-bond acceptors (Lipinski definition) is 2. The van der Waals surface area contributed by atoms with Crippen LogP contribution in [0.4, 0.5) is 0 Å². The Hall–Kier alpha value is -1.41. The van der Waals surface area contributed by atoms with Gasteiger partial charge in [0.1, 0.15) is 0 Å². The second-order valence-electron chi connectivity index (χ2n) is 4.81. The van der Waals surface area contributed by atoms with Crippen LogP contribution < -0.4 is 0 Å². The predicted octanol–water partition coefficient (Wildman–Crippen LogP) is 2.78. The second kappa shape index (κ2) is 6.36. The third-order valence-electron chi connectivity index (χ3n) is 2.64. The molecule has 0 saturated carbocycles. The molecule has 2 nitrogen and oxygen atoms in total. The van der Waals surface area contributed by atoms with Gasteiger partial charge in [0.15, 0.2) is 5.78 Å². The molecule has 0 aliphatic rings. The van der Waals surface area contributed by atoms with Crippen LogP contribution in [0.5, 0.6) is 0 Å². The summed E-state index contributed by atoms with van der Waals surface area (Å²) in [5.41, 5.74) is 2.30. The molecule has 0 aliphatic carbocycles. The van der Waals surface area contributed by atoms with Gasteiger partial charge in [-0.2, -0.15) is 0 Å². The highest BCUT2D eigenvalue weighted by Gasteiger charge is 2.10. The molecule has 17 heavy (non-hydrogen) atoms. The number of carbonyl (C=O) groups is 1. The monoisotopic (exact) mass is 231 g/mol. The highest BCUT2D eigenvalue weighted by molar-refractivity contribution is 5.95. The lowest BCUT2D eigenvalue weighted by atomic mass is 10.0. The number of hydrogen-bond donors (Lipinski definition) is 0. The van der Waals surface area contributed by atoms with E-state index in [4.69, 9.17) is 0 Å². The average molecular weight is 231 g/mol. The van der Waals surface area contributed by atoms with Gasteiger partial charge in [-0.05, 0) is 32.7 Å². The zero-order valence-electron chi connectivity index (χ0n) is 11.1. The van der Waals surface area contributed by atoms with Crippen LogP contribution in [0.15, 0.2) is 30.3 Å². The Morgan fingerprint density at radius 1 is 1.29 bits per heavy atom. The van der Waals surface area contributed by atoms with E-state index >= 15 is 0 Å². The van der Waals surface area contributed by atoms with Gasteiger partial charge < -0.3 is 4.90 Å². The molecule has 1 rings (SSSR count). The van der Waals surface area contributed by atoms with Crippen LogP contribution in [0.2, 0.25) is 0 Å². The van der Waals surface area contributed by atoms with Crippen LogP contribution in [-0.2, 0) is 4.79 Å². The zero-order chi connectivity index (χ0) is 12.8. The molecule has 0 N–H and O–H groups in total. The molecule has 0 spiro atoms. The predicted molar refractivity (Wildman–Crippen MR) is 72.9 cm³/mol. The quantitative estimate of drug-likeness (QED) is 0.726. The lowest BCUT2D eigenvalue weighted by molar-refractivity contribution is -0.118. The highest BCUT2D eigenvalue weighted by atomic mass is 16.1. The second-order valence-corrected chi connectivity index (χ2v) is 4.81. The van der Waals surface area contributed by atoms with Crippen molar-refractivity contribution in [3.63, 3.8) is 0 Å². The van der Waals surface area contributed by atoms with Crippen LogP contribution in [0.1, 0.15) is 18.1 Å². The molecular weight excluding hydrogens is 210 g/mol. The Bertz CT molecular complexity index is 390. The van der Waals surface area contributed by atoms with E-state index in [9.17, 15) is 4.79 Å². The van der Waals surface area contributed by atoms with Gasteiger partial charge in [0.2, 0.25) is 0 Å². The molecule has 0 heterocycles. The fourth-order valence-corrected chi connectivity index (χ4v) is 1.66. The third-order valence-corrected chi connectivity index (χ3v) is 2.64. The highest BCUT2D eigenvalue weighted by Crippen LogP contribution is 2.07. The number of nitrogens with zero attached hydrogens (tertiary/aromatic N) is 1. The molecule has 0 unspecified atom stereocenters. The van der Waals surface area contributed by atoms with Crippen molar-refractivity contribution in [3.05, 3.63) is 41.5 Å². The molecule has 0 aliphatic heterocycles. The minimum Gasteiger partial charge on any atom is -0.309 e. The molecule has 0 amide bonds. The number of carbonyl (C=O) groups excluding carboxylic acids is 1. The van der Waals surface area contributed by atoms with Crippen LogP contribution >= 0.6 is 0 Å². The molecule has 0 saturated heterocycles. The van der Waals surface area contributed by atoms with Crippen molar-refractivity contribution in [1.29, 1.82) is 0 Å². The molecule has 0 radical (unpaired) electrons. The van der Waals surface area contributed by atoms with Crippen molar-refractivity contribution in [2.45, 2.75) is 13.8 Å². The molecule has 92 valence electrons. The van der Waals surface area contributed by atoms with Gasteiger partial charge in [-0.1, -0.05) is 42.8 Å². The first-order valence-electron chi connectivity index (χ1n) is 5.92. The SMILES string of the molecule is Cc1ccc(/C=C\C(=O)[C@@H](C)CN(C)C)cc1. The fraction of sp³-hybridized carbons (Fsp3) is 0.400. The minimum atomic E-state index is 0.0479. The first kappa shape index (κ1) is 13.7. The van der Waals surface area contributed by atoms with E-state index in [1.165, 1.54) is 5.56 Å². The van der Waals surface area contributed by atoms with Crippen molar-refractivity contribution in [1.82, 2.24) is 4.90 Å². The molecule has 1 atom stereocenters. The summed E-state index contributed by atoms with van der Waals surface area (Å²) in [6.07, 6.45) is 3.56.